The van der Waals surface area contributed by atoms with Crippen molar-refractivity contribution < 1.29 is 4.79 Å². The van der Waals surface area contributed by atoms with Crippen LogP contribution in [-0.2, 0) is 13.6 Å². The van der Waals surface area contributed by atoms with Crippen LogP contribution in [0.4, 0.5) is 10.5 Å². The summed E-state index contributed by atoms with van der Waals surface area (Å²) in [5, 5.41) is 3.70. The molecule has 158 valence electrons. The highest BCUT2D eigenvalue weighted by atomic mass is 35.5. The normalized spacial score (nSPS) is 11.0. The van der Waals surface area contributed by atoms with Gasteiger partial charge in [-0.05, 0) is 50.6 Å². The molecule has 1 heterocycles. The van der Waals surface area contributed by atoms with Gasteiger partial charge in [0.1, 0.15) is 5.69 Å². The molecule has 8 heteroatoms. The van der Waals surface area contributed by atoms with Gasteiger partial charge in [0, 0.05) is 19.6 Å². The van der Waals surface area contributed by atoms with E-state index in [-0.39, 0.29) is 23.3 Å². The summed E-state index contributed by atoms with van der Waals surface area (Å²) in [4.78, 5) is 27.8. The van der Waals surface area contributed by atoms with Gasteiger partial charge >= 0.3 is 6.03 Å². The number of rotatable bonds is 5. The average molecular weight is 447 g/mol. The zero-order valence-electron chi connectivity index (χ0n) is 17.3. The van der Waals surface area contributed by atoms with E-state index in [1.807, 2.05) is 50.2 Å². The third kappa shape index (κ3) is 4.40. The van der Waals surface area contributed by atoms with E-state index in [4.69, 9.17) is 23.2 Å². The van der Waals surface area contributed by atoms with E-state index >= 15 is 0 Å². The Kier molecular flexibility index (Phi) is 6.58. The fraction of sp³-hybridized carbons (Fsp3) is 0.273. The van der Waals surface area contributed by atoms with Crippen LogP contribution in [-0.4, -0.2) is 26.3 Å². The number of benzene rings is 2. The van der Waals surface area contributed by atoms with Crippen LogP contribution in [0.3, 0.4) is 0 Å². The predicted octanol–water partition coefficient (Wildman–Crippen LogP) is 5.23. The van der Waals surface area contributed by atoms with Crippen molar-refractivity contribution in [2.24, 2.45) is 7.05 Å². The van der Waals surface area contributed by atoms with E-state index in [1.54, 1.807) is 35.7 Å². The maximum atomic E-state index is 13.1. The van der Waals surface area contributed by atoms with E-state index in [0.29, 0.717) is 22.3 Å². The molecule has 0 saturated carbocycles. The molecule has 0 radical (unpaired) electrons. The second-order valence-electron chi connectivity index (χ2n) is 7.34. The molecular weight excluding hydrogens is 423 g/mol. The van der Waals surface area contributed by atoms with Gasteiger partial charge in [0.2, 0.25) is 0 Å². The van der Waals surface area contributed by atoms with Crippen LogP contribution in [0.25, 0.3) is 5.69 Å². The van der Waals surface area contributed by atoms with Crippen molar-refractivity contribution in [2.45, 2.75) is 33.4 Å². The van der Waals surface area contributed by atoms with Crippen LogP contribution in [0.15, 0.2) is 53.3 Å². The molecule has 6 nitrogen and oxygen atoms in total. The first-order chi connectivity index (χ1) is 14.2. The maximum Gasteiger partial charge on any atom is 0.322 e. The molecule has 2 aromatic carbocycles. The third-order valence-electron chi connectivity index (χ3n) is 5.01. The Morgan fingerprint density at radius 1 is 1.10 bits per heavy atom. The summed E-state index contributed by atoms with van der Waals surface area (Å²) in [5.41, 5.74) is 2.21. The molecule has 1 N–H and O–H groups in total. The van der Waals surface area contributed by atoms with Crippen LogP contribution < -0.4 is 10.9 Å². The zero-order valence-corrected chi connectivity index (χ0v) is 18.8. The summed E-state index contributed by atoms with van der Waals surface area (Å²) in [6, 6.07) is 14.1. The number of halogens is 2. The van der Waals surface area contributed by atoms with E-state index in [1.165, 1.54) is 4.68 Å². The number of aromatic nitrogens is 2. The highest BCUT2D eigenvalue weighted by Crippen LogP contribution is 2.24. The molecule has 0 aliphatic carbocycles. The maximum absolute atomic E-state index is 13.1. The quantitative estimate of drug-likeness (QED) is 0.582. The monoisotopic (exact) mass is 446 g/mol. The van der Waals surface area contributed by atoms with E-state index in [2.05, 4.69) is 5.32 Å². The number of anilines is 1. The first kappa shape index (κ1) is 22.0. The van der Waals surface area contributed by atoms with Crippen molar-refractivity contribution in [2.75, 3.05) is 5.32 Å². The van der Waals surface area contributed by atoms with Gasteiger partial charge in [-0.3, -0.25) is 9.48 Å². The Morgan fingerprint density at radius 3 is 2.37 bits per heavy atom. The molecule has 0 spiro atoms. The lowest BCUT2D eigenvalue weighted by Crippen LogP contribution is -2.40. The summed E-state index contributed by atoms with van der Waals surface area (Å²) in [6.45, 7) is 5.96. The van der Waals surface area contributed by atoms with Gasteiger partial charge in [0.15, 0.2) is 0 Å². The number of hydrogen-bond donors (Lipinski definition) is 1. The Bertz CT molecular complexity index is 1120. The first-order valence-electron chi connectivity index (χ1n) is 9.56. The Hall–Kier alpha value is -2.70. The second kappa shape index (κ2) is 8.98. The highest BCUT2D eigenvalue weighted by molar-refractivity contribution is 6.42. The fourth-order valence-electron chi connectivity index (χ4n) is 3.21. The standard InChI is InChI=1S/C22H24Cl2N4O2/c1-14(2)27(13-16-10-11-18(23)19(24)12-16)22(30)25-20-15(3)26(4)28(21(20)29)17-8-6-5-7-9-17/h5-12,14H,13H2,1-4H3,(H,25,30). The van der Waals surface area contributed by atoms with Crippen molar-refractivity contribution in [1.29, 1.82) is 0 Å². The summed E-state index contributed by atoms with van der Waals surface area (Å²) < 4.78 is 3.26. The van der Waals surface area contributed by atoms with Gasteiger partial charge in [-0.15, -0.1) is 0 Å². The minimum Gasteiger partial charge on any atom is -0.318 e. The molecule has 3 aromatic rings. The fourth-order valence-corrected chi connectivity index (χ4v) is 3.54. The van der Waals surface area contributed by atoms with Crippen LogP contribution in [0.5, 0.6) is 0 Å². The van der Waals surface area contributed by atoms with E-state index in [9.17, 15) is 9.59 Å². The van der Waals surface area contributed by atoms with Crippen molar-refractivity contribution in [3.63, 3.8) is 0 Å². The van der Waals surface area contributed by atoms with Gasteiger partial charge in [-0.2, -0.15) is 0 Å². The van der Waals surface area contributed by atoms with Crippen molar-refractivity contribution in [3.8, 4) is 5.69 Å². The number of carbonyl (C=O) groups is 1. The third-order valence-corrected chi connectivity index (χ3v) is 5.75. The molecule has 0 saturated heterocycles. The van der Waals surface area contributed by atoms with Gasteiger partial charge in [0.05, 0.1) is 21.4 Å². The van der Waals surface area contributed by atoms with Gasteiger partial charge in [0.25, 0.3) is 5.56 Å². The number of para-hydroxylation sites is 1. The molecule has 0 aliphatic heterocycles. The number of urea groups is 1. The molecule has 0 aliphatic rings. The van der Waals surface area contributed by atoms with Crippen molar-refractivity contribution in [3.05, 3.63) is 80.2 Å². The first-order valence-corrected chi connectivity index (χ1v) is 10.3. The number of carbonyl (C=O) groups excluding carboxylic acids is 1. The van der Waals surface area contributed by atoms with Crippen LogP contribution in [0.1, 0.15) is 25.1 Å². The predicted molar refractivity (Wildman–Crippen MR) is 122 cm³/mol. The average Bonchev–Trinajstić information content (AvgIpc) is 2.92. The topological polar surface area (TPSA) is 59.3 Å². The van der Waals surface area contributed by atoms with Gasteiger partial charge in [-0.1, -0.05) is 47.5 Å². The molecule has 30 heavy (non-hydrogen) atoms. The SMILES string of the molecule is Cc1c(NC(=O)N(Cc2ccc(Cl)c(Cl)c2)C(C)C)c(=O)n(-c2ccccc2)n1C. The lowest BCUT2D eigenvalue weighted by Gasteiger charge is -2.27. The minimum atomic E-state index is -0.359. The summed E-state index contributed by atoms with van der Waals surface area (Å²) in [5.74, 6) is 0. The highest BCUT2D eigenvalue weighted by Gasteiger charge is 2.23. The minimum absolute atomic E-state index is 0.0974. The lowest BCUT2D eigenvalue weighted by molar-refractivity contribution is 0.193. The number of hydrogen-bond acceptors (Lipinski definition) is 2. The van der Waals surface area contributed by atoms with Crippen molar-refractivity contribution >= 4 is 34.9 Å². The lowest BCUT2D eigenvalue weighted by atomic mass is 10.2. The summed E-state index contributed by atoms with van der Waals surface area (Å²) in [6.07, 6.45) is 0. The molecule has 2 amide bonds. The van der Waals surface area contributed by atoms with Gasteiger partial charge in [-0.25, -0.2) is 9.48 Å². The largest absolute Gasteiger partial charge is 0.322 e. The molecule has 0 bridgehead atoms. The van der Waals surface area contributed by atoms with Gasteiger partial charge < -0.3 is 10.2 Å². The number of nitrogens with one attached hydrogen (secondary N) is 1. The van der Waals surface area contributed by atoms with E-state index in [0.717, 1.165) is 11.3 Å². The molecular formula is C22H24Cl2N4O2. The van der Waals surface area contributed by atoms with Crippen LogP contribution in [0, 0.1) is 6.92 Å². The molecule has 3 rings (SSSR count). The molecule has 0 fully saturated rings. The number of nitrogens with zero attached hydrogens (tertiary/aromatic N) is 3. The van der Waals surface area contributed by atoms with Crippen LogP contribution >= 0.6 is 23.2 Å². The van der Waals surface area contributed by atoms with Crippen molar-refractivity contribution in [1.82, 2.24) is 14.3 Å². The zero-order chi connectivity index (χ0) is 22.0. The molecule has 0 atom stereocenters. The molecule has 0 unspecified atom stereocenters. The number of amides is 2. The van der Waals surface area contributed by atoms with E-state index < -0.39 is 0 Å². The Balaban J connectivity index is 1.89. The Morgan fingerprint density at radius 2 is 1.77 bits per heavy atom. The second-order valence-corrected chi connectivity index (χ2v) is 8.15. The molecule has 1 aromatic heterocycles. The summed E-state index contributed by atoms with van der Waals surface area (Å²) >= 11 is 12.1. The smallest absolute Gasteiger partial charge is 0.318 e. The van der Waals surface area contributed by atoms with Crippen LogP contribution in [0.2, 0.25) is 10.0 Å². The Labute approximate surface area is 185 Å². The summed E-state index contributed by atoms with van der Waals surface area (Å²) in [7, 11) is 1.79.